The van der Waals surface area contributed by atoms with Crippen molar-refractivity contribution in [2.24, 2.45) is 5.92 Å². The van der Waals surface area contributed by atoms with Gasteiger partial charge in [-0.3, -0.25) is 9.59 Å². The normalized spacial score (nSPS) is 10.1. The molecule has 0 radical (unpaired) electrons. The fourth-order valence-electron chi connectivity index (χ4n) is 1.46. The summed E-state index contributed by atoms with van der Waals surface area (Å²) >= 11 is 5.05. The maximum atomic E-state index is 11.7. The van der Waals surface area contributed by atoms with E-state index in [-0.39, 0.29) is 22.8 Å². The summed E-state index contributed by atoms with van der Waals surface area (Å²) in [5.41, 5.74) is 1.31. The highest BCUT2D eigenvalue weighted by atomic mass is 32.1. The number of carbonyl (C=O) groups excluding carboxylic acids is 2. The third-order valence-electron chi connectivity index (χ3n) is 2.70. The molecule has 1 aromatic rings. The van der Waals surface area contributed by atoms with Gasteiger partial charge in [-0.1, -0.05) is 20.8 Å². The Morgan fingerprint density at radius 1 is 1.19 bits per heavy atom. The molecule has 0 saturated carbocycles. The van der Waals surface area contributed by atoms with E-state index < -0.39 is 0 Å². The molecular formula is C15H21N3O2S. The summed E-state index contributed by atoms with van der Waals surface area (Å²) in [7, 11) is 0. The number of hydrogen-bond donors (Lipinski definition) is 3. The van der Waals surface area contributed by atoms with Crippen molar-refractivity contribution < 1.29 is 9.59 Å². The van der Waals surface area contributed by atoms with Crippen LogP contribution >= 0.6 is 12.2 Å². The number of anilines is 1. The summed E-state index contributed by atoms with van der Waals surface area (Å²) in [6.45, 7) is 6.24. The molecule has 1 rings (SSSR count). The van der Waals surface area contributed by atoms with Gasteiger partial charge in [-0.2, -0.15) is 0 Å². The number of rotatable bonds is 5. The van der Waals surface area contributed by atoms with Crippen LogP contribution in [0.2, 0.25) is 0 Å². The molecule has 0 saturated heterocycles. The predicted octanol–water partition coefficient (Wildman–Crippen LogP) is 2.30. The van der Waals surface area contributed by atoms with E-state index >= 15 is 0 Å². The minimum absolute atomic E-state index is 0.0981. The summed E-state index contributed by atoms with van der Waals surface area (Å²) in [6, 6.07) is 6.91. The lowest BCUT2D eigenvalue weighted by Gasteiger charge is -2.11. The van der Waals surface area contributed by atoms with E-state index in [1.54, 1.807) is 38.1 Å². The van der Waals surface area contributed by atoms with Crippen LogP contribution in [0.25, 0.3) is 0 Å². The second-order valence-electron chi connectivity index (χ2n) is 4.93. The minimum Gasteiger partial charge on any atom is -0.352 e. The summed E-state index contributed by atoms with van der Waals surface area (Å²) < 4.78 is 0. The van der Waals surface area contributed by atoms with E-state index in [4.69, 9.17) is 12.2 Å². The topological polar surface area (TPSA) is 70.2 Å². The lowest BCUT2D eigenvalue weighted by Crippen LogP contribution is -2.36. The smallest absolute Gasteiger partial charge is 0.251 e. The fraction of sp³-hybridized carbons (Fsp3) is 0.400. The zero-order valence-electron chi connectivity index (χ0n) is 12.5. The summed E-state index contributed by atoms with van der Waals surface area (Å²) in [5.74, 6) is -0.364. The van der Waals surface area contributed by atoms with Gasteiger partial charge in [-0.25, -0.2) is 0 Å². The molecule has 0 fully saturated rings. The van der Waals surface area contributed by atoms with E-state index in [0.717, 1.165) is 12.1 Å². The van der Waals surface area contributed by atoms with Gasteiger partial charge in [-0.05, 0) is 42.9 Å². The van der Waals surface area contributed by atoms with Crippen molar-refractivity contribution in [2.75, 3.05) is 11.9 Å². The van der Waals surface area contributed by atoms with Gasteiger partial charge in [0, 0.05) is 23.7 Å². The molecule has 0 heterocycles. The van der Waals surface area contributed by atoms with Crippen LogP contribution in [-0.2, 0) is 4.79 Å². The second kappa shape index (κ2) is 8.36. The second-order valence-corrected chi connectivity index (χ2v) is 5.34. The Morgan fingerprint density at radius 3 is 2.33 bits per heavy atom. The van der Waals surface area contributed by atoms with Crippen LogP contribution in [0, 0.1) is 5.92 Å². The summed E-state index contributed by atoms with van der Waals surface area (Å²) in [5, 5.41) is 8.55. The van der Waals surface area contributed by atoms with E-state index in [9.17, 15) is 9.59 Å². The maximum Gasteiger partial charge on any atom is 0.251 e. The molecule has 0 aromatic heterocycles. The average Bonchev–Trinajstić information content (AvgIpc) is 2.45. The van der Waals surface area contributed by atoms with Gasteiger partial charge in [0.1, 0.15) is 0 Å². The van der Waals surface area contributed by atoms with Gasteiger partial charge in [0.05, 0.1) is 0 Å². The van der Waals surface area contributed by atoms with Crippen LogP contribution in [0.15, 0.2) is 24.3 Å². The molecule has 0 atom stereocenters. The lowest BCUT2D eigenvalue weighted by molar-refractivity contribution is -0.122. The Bertz CT molecular complexity index is 512. The first-order valence-corrected chi connectivity index (χ1v) is 7.35. The van der Waals surface area contributed by atoms with Crippen LogP contribution in [0.1, 0.15) is 37.6 Å². The van der Waals surface area contributed by atoms with Crippen molar-refractivity contribution >= 4 is 34.8 Å². The lowest BCUT2D eigenvalue weighted by atomic mass is 10.2. The van der Waals surface area contributed by atoms with Crippen molar-refractivity contribution in [3.8, 4) is 0 Å². The number of carbonyl (C=O) groups is 2. The minimum atomic E-state index is -0.136. The Kier molecular flexibility index (Phi) is 6.81. The standard InChI is InChI=1S/C15H21N3O2S/c1-4-9-16-14(20)11-5-7-12(8-6-11)17-15(21)18-13(19)10(2)3/h5-8,10H,4,9H2,1-3H3,(H,16,20)(H2,17,18,19,21). The SMILES string of the molecule is CCCNC(=O)c1ccc(NC(=S)NC(=O)C(C)C)cc1. The molecule has 21 heavy (non-hydrogen) atoms. The molecule has 0 unspecified atom stereocenters. The number of thiocarbonyl (C=S) groups is 1. The van der Waals surface area contributed by atoms with Crippen LogP contribution in [0.4, 0.5) is 5.69 Å². The highest BCUT2D eigenvalue weighted by Gasteiger charge is 2.09. The maximum absolute atomic E-state index is 11.7. The number of hydrogen-bond acceptors (Lipinski definition) is 3. The molecule has 5 nitrogen and oxygen atoms in total. The van der Waals surface area contributed by atoms with Crippen molar-refractivity contribution in [1.82, 2.24) is 10.6 Å². The molecule has 0 aliphatic carbocycles. The molecule has 0 spiro atoms. The van der Waals surface area contributed by atoms with Crippen LogP contribution in [0.5, 0.6) is 0 Å². The number of amides is 2. The number of benzene rings is 1. The van der Waals surface area contributed by atoms with Crippen molar-refractivity contribution in [2.45, 2.75) is 27.2 Å². The monoisotopic (exact) mass is 307 g/mol. The zero-order chi connectivity index (χ0) is 15.8. The molecule has 6 heteroatoms. The van der Waals surface area contributed by atoms with Gasteiger partial charge in [0.2, 0.25) is 5.91 Å². The molecule has 1 aromatic carbocycles. The van der Waals surface area contributed by atoms with Crippen LogP contribution < -0.4 is 16.0 Å². The first kappa shape index (κ1) is 17.1. The van der Waals surface area contributed by atoms with Gasteiger partial charge in [0.15, 0.2) is 5.11 Å². The van der Waals surface area contributed by atoms with Crippen molar-refractivity contribution in [3.05, 3.63) is 29.8 Å². The fourth-order valence-corrected chi connectivity index (χ4v) is 1.68. The van der Waals surface area contributed by atoms with Crippen LogP contribution in [-0.4, -0.2) is 23.5 Å². The van der Waals surface area contributed by atoms with Crippen molar-refractivity contribution in [1.29, 1.82) is 0 Å². The molecule has 0 bridgehead atoms. The quantitative estimate of drug-likeness (QED) is 0.730. The predicted molar refractivity (Wildman–Crippen MR) is 88.3 cm³/mol. The highest BCUT2D eigenvalue weighted by molar-refractivity contribution is 7.80. The first-order valence-electron chi connectivity index (χ1n) is 6.94. The van der Waals surface area contributed by atoms with Gasteiger partial charge < -0.3 is 16.0 Å². The van der Waals surface area contributed by atoms with Gasteiger partial charge >= 0.3 is 0 Å². The summed E-state index contributed by atoms with van der Waals surface area (Å²) in [6.07, 6.45) is 0.898. The largest absolute Gasteiger partial charge is 0.352 e. The first-order chi connectivity index (χ1) is 9.93. The Morgan fingerprint density at radius 2 is 1.81 bits per heavy atom. The Hall–Kier alpha value is -1.95. The van der Waals surface area contributed by atoms with E-state index in [1.807, 2.05) is 6.92 Å². The summed E-state index contributed by atoms with van der Waals surface area (Å²) in [4.78, 5) is 23.2. The highest BCUT2D eigenvalue weighted by Crippen LogP contribution is 2.09. The average molecular weight is 307 g/mol. The van der Waals surface area contributed by atoms with E-state index in [1.165, 1.54) is 0 Å². The molecule has 0 aliphatic heterocycles. The van der Waals surface area contributed by atoms with Crippen LogP contribution in [0.3, 0.4) is 0 Å². The molecular weight excluding hydrogens is 286 g/mol. The molecule has 0 aliphatic rings. The van der Waals surface area contributed by atoms with Gasteiger partial charge in [-0.15, -0.1) is 0 Å². The molecule has 3 N–H and O–H groups in total. The van der Waals surface area contributed by atoms with Crippen molar-refractivity contribution in [3.63, 3.8) is 0 Å². The Balaban J connectivity index is 2.56. The third kappa shape index (κ3) is 5.91. The van der Waals surface area contributed by atoms with Gasteiger partial charge in [0.25, 0.3) is 5.91 Å². The Labute approximate surface area is 130 Å². The van der Waals surface area contributed by atoms with E-state index in [0.29, 0.717) is 12.1 Å². The third-order valence-corrected chi connectivity index (χ3v) is 2.91. The molecule has 114 valence electrons. The number of nitrogens with one attached hydrogen (secondary N) is 3. The van der Waals surface area contributed by atoms with E-state index in [2.05, 4.69) is 16.0 Å². The zero-order valence-corrected chi connectivity index (χ0v) is 13.3. The molecule has 2 amide bonds.